The van der Waals surface area contributed by atoms with Gasteiger partial charge in [0.25, 0.3) is 11.7 Å². The number of pyridine rings is 1. The van der Waals surface area contributed by atoms with Crippen molar-refractivity contribution in [2.45, 2.75) is 13.0 Å². The first-order chi connectivity index (χ1) is 11.6. The molecule has 2 aromatic heterocycles. The summed E-state index contributed by atoms with van der Waals surface area (Å²) in [5.74, 6) is -0.859. The van der Waals surface area contributed by atoms with Crippen molar-refractivity contribution in [3.63, 3.8) is 0 Å². The van der Waals surface area contributed by atoms with Gasteiger partial charge in [0.1, 0.15) is 5.15 Å². The Hall–Kier alpha value is -2.18. The number of halogens is 1. The molecule has 24 heavy (non-hydrogen) atoms. The van der Waals surface area contributed by atoms with Crippen molar-refractivity contribution < 1.29 is 14.0 Å². The van der Waals surface area contributed by atoms with Crippen LogP contribution in [0.1, 0.15) is 22.5 Å². The smallest absolute Gasteiger partial charge is 0.295 e. The summed E-state index contributed by atoms with van der Waals surface area (Å²) in [5.41, 5.74) is 1.11. The zero-order chi connectivity index (χ0) is 16.9. The highest BCUT2D eigenvalue weighted by Crippen LogP contribution is 2.18. The number of Topliss-reactive ketones (excluding diaryl/α,β-unsaturated/α-hetero) is 1. The van der Waals surface area contributed by atoms with Crippen LogP contribution in [0.2, 0.25) is 5.15 Å². The summed E-state index contributed by atoms with van der Waals surface area (Å²) >= 11 is 5.79. The van der Waals surface area contributed by atoms with E-state index >= 15 is 0 Å². The van der Waals surface area contributed by atoms with E-state index in [1.54, 1.807) is 18.3 Å². The number of rotatable bonds is 6. The van der Waals surface area contributed by atoms with Crippen LogP contribution in [0.5, 0.6) is 0 Å². The van der Waals surface area contributed by atoms with Crippen LogP contribution in [0.15, 0.2) is 41.1 Å². The zero-order valence-corrected chi connectivity index (χ0v) is 13.8. The van der Waals surface area contributed by atoms with Gasteiger partial charge in [0.05, 0.1) is 6.26 Å². The van der Waals surface area contributed by atoms with E-state index in [1.807, 2.05) is 6.07 Å². The molecule has 0 spiro atoms. The van der Waals surface area contributed by atoms with Crippen LogP contribution in [0.3, 0.4) is 0 Å². The van der Waals surface area contributed by atoms with Gasteiger partial charge < -0.3 is 9.73 Å². The minimum absolute atomic E-state index is 0.0655. The normalized spacial score (nSPS) is 17.8. The second-order valence-corrected chi connectivity index (χ2v) is 6.28. The Morgan fingerprint density at radius 1 is 1.38 bits per heavy atom. The Morgan fingerprint density at radius 2 is 2.25 bits per heavy atom. The Bertz CT molecular complexity index is 700. The first-order valence-electron chi connectivity index (χ1n) is 7.80. The van der Waals surface area contributed by atoms with Gasteiger partial charge >= 0.3 is 0 Å². The monoisotopic (exact) mass is 347 g/mol. The van der Waals surface area contributed by atoms with Crippen molar-refractivity contribution in [2.75, 3.05) is 19.6 Å². The largest absolute Gasteiger partial charge is 0.461 e. The molecule has 3 heterocycles. The van der Waals surface area contributed by atoms with E-state index < -0.39 is 11.7 Å². The Labute approximate surface area is 144 Å². The maximum absolute atomic E-state index is 11.8. The summed E-state index contributed by atoms with van der Waals surface area (Å²) in [6.07, 6.45) is 4.14. The first kappa shape index (κ1) is 16.7. The third-order valence-electron chi connectivity index (χ3n) is 4.07. The molecule has 1 unspecified atom stereocenters. The molecule has 0 aromatic carbocycles. The van der Waals surface area contributed by atoms with Gasteiger partial charge in [0.15, 0.2) is 5.76 Å². The van der Waals surface area contributed by atoms with E-state index in [0.717, 1.165) is 31.6 Å². The van der Waals surface area contributed by atoms with Gasteiger partial charge in [0.2, 0.25) is 0 Å². The predicted molar refractivity (Wildman–Crippen MR) is 88.7 cm³/mol. The molecule has 126 valence electrons. The van der Waals surface area contributed by atoms with Gasteiger partial charge in [-0.3, -0.25) is 14.5 Å². The Balaban J connectivity index is 1.43. The summed E-state index contributed by atoms with van der Waals surface area (Å²) < 4.78 is 4.95. The third kappa shape index (κ3) is 4.21. The first-order valence-corrected chi connectivity index (χ1v) is 8.18. The molecule has 7 heteroatoms. The standard InChI is InChI=1S/C17H18ClN3O3/c18-15-4-3-12(8-19-15)10-21-6-5-13(11-21)9-20-17(23)16(22)14-2-1-7-24-14/h1-4,7-8,13H,5-6,9-11H2,(H,20,23). The van der Waals surface area contributed by atoms with Gasteiger partial charge in [-0.1, -0.05) is 17.7 Å². The number of likely N-dealkylation sites (tertiary alicyclic amines) is 1. The van der Waals surface area contributed by atoms with E-state index in [0.29, 0.717) is 17.6 Å². The minimum Gasteiger partial charge on any atom is -0.461 e. The highest BCUT2D eigenvalue weighted by molar-refractivity contribution is 6.42. The lowest BCUT2D eigenvalue weighted by Crippen LogP contribution is -2.35. The number of carbonyl (C=O) groups excluding carboxylic acids is 2. The molecule has 6 nitrogen and oxygen atoms in total. The van der Waals surface area contributed by atoms with Crippen LogP contribution in [-0.2, 0) is 11.3 Å². The number of nitrogens with one attached hydrogen (secondary N) is 1. The van der Waals surface area contributed by atoms with E-state index in [4.69, 9.17) is 16.0 Å². The van der Waals surface area contributed by atoms with Crippen molar-refractivity contribution in [1.82, 2.24) is 15.2 Å². The molecule has 2 aromatic rings. The van der Waals surface area contributed by atoms with E-state index in [2.05, 4.69) is 15.2 Å². The van der Waals surface area contributed by atoms with Gasteiger partial charge in [-0.2, -0.15) is 0 Å². The molecule has 0 bridgehead atoms. The quantitative estimate of drug-likeness (QED) is 0.492. The maximum atomic E-state index is 11.8. The molecule has 1 aliphatic heterocycles. The van der Waals surface area contributed by atoms with E-state index in [9.17, 15) is 9.59 Å². The number of hydrogen-bond donors (Lipinski definition) is 1. The summed E-state index contributed by atoms with van der Waals surface area (Å²) in [4.78, 5) is 30.0. The molecule has 1 atom stereocenters. The Morgan fingerprint density at radius 3 is 2.96 bits per heavy atom. The van der Waals surface area contributed by atoms with E-state index in [1.165, 1.54) is 12.3 Å². The maximum Gasteiger partial charge on any atom is 0.295 e. The number of furan rings is 1. The fourth-order valence-electron chi connectivity index (χ4n) is 2.82. The molecule has 1 N–H and O–H groups in total. The molecular weight excluding hydrogens is 330 g/mol. The van der Waals surface area contributed by atoms with Crippen molar-refractivity contribution >= 4 is 23.3 Å². The molecule has 1 fully saturated rings. The second kappa shape index (κ2) is 7.59. The lowest BCUT2D eigenvalue weighted by atomic mass is 10.1. The van der Waals surface area contributed by atoms with Crippen LogP contribution < -0.4 is 5.32 Å². The number of nitrogens with zero attached hydrogens (tertiary/aromatic N) is 2. The average Bonchev–Trinajstić information content (AvgIpc) is 3.26. The molecule has 0 aliphatic carbocycles. The average molecular weight is 348 g/mol. The summed E-state index contributed by atoms with van der Waals surface area (Å²) in [7, 11) is 0. The molecule has 1 amide bonds. The van der Waals surface area contributed by atoms with Gasteiger partial charge in [-0.05, 0) is 42.6 Å². The van der Waals surface area contributed by atoms with E-state index in [-0.39, 0.29) is 5.76 Å². The zero-order valence-electron chi connectivity index (χ0n) is 13.1. The molecule has 1 aliphatic rings. The number of amides is 1. The van der Waals surface area contributed by atoms with Crippen LogP contribution >= 0.6 is 11.6 Å². The molecule has 1 saturated heterocycles. The molecular formula is C17H18ClN3O3. The van der Waals surface area contributed by atoms with Crippen molar-refractivity contribution in [3.05, 3.63) is 53.2 Å². The van der Waals surface area contributed by atoms with Crippen LogP contribution in [-0.4, -0.2) is 41.2 Å². The number of carbonyl (C=O) groups is 2. The fourth-order valence-corrected chi connectivity index (χ4v) is 2.93. The van der Waals surface area contributed by atoms with Crippen LogP contribution in [0.25, 0.3) is 0 Å². The topological polar surface area (TPSA) is 75.4 Å². The number of ketones is 1. The summed E-state index contributed by atoms with van der Waals surface area (Å²) in [5, 5.41) is 3.19. The van der Waals surface area contributed by atoms with Crippen molar-refractivity contribution in [1.29, 1.82) is 0 Å². The SMILES string of the molecule is O=C(NCC1CCN(Cc2ccc(Cl)nc2)C1)C(=O)c1ccco1. The number of aromatic nitrogens is 1. The lowest BCUT2D eigenvalue weighted by molar-refractivity contribution is -0.117. The van der Waals surface area contributed by atoms with Gasteiger partial charge in [0, 0.05) is 25.8 Å². The van der Waals surface area contributed by atoms with Crippen LogP contribution in [0.4, 0.5) is 0 Å². The fraction of sp³-hybridized carbons (Fsp3) is 0.353. The third-order valence-corrected chi connectivity index (χ3v) is 4.29. The van der Waals surface area contributed by atoms with Crippen molar-refractivity contribution in [2.24, 2.45) is 5.92 Å². The van der Waals surface area contributed by atoms with Crippen LogP contribution in [0, 0.1) is 5.92 Å². The highest BCUT2D eigenvalue weighted by atomic mass is 35.5. The summed E-state index contributed by atoms with van der Waals surface area (Å²) in [6.45, 7) is 3.12. The van der Waals surface area contributed by atoms with Gasteiger partial charge in [-0.15, -0.1) is 0 Å². The van der Waals surface area contributed by atoms with Crippen molar-refractivity contribution in [3.8, 4) is 0 Å². The molecule has 0 saturated carbocycles. The Kier molecular flexibility index (Phi) is 5.27. The summed E-state index contributed by atoms with van der Waals surface area (Å²) in [6, 6.07) is 6.82. The second-order valence-electron chi connectivity index (χ2n) is 5.90. The van der Waals surface area contributed by atoms with Gasteiger partial charge in [-0.25, -0.2) is 4.98 Å². The lowest BCUT2D eigenvalue weighted by Gasteiger charge is -2.16. The minimum atomic E-state index is -0.637. The molecule has 3 rings (SSSR count). The predicted octanol–water partition coefficient (Wildman–Crippen LogP) is 2.15. The highest BCUT2D eigenvalue weighted by Gasteiger charge is 2.25. The molecule has 0 radical (unpaired) electrons. The number of hydrogen-bond acceptors (Lipinski definition) is 5.